The van der Waals surface area contributed by atoms with Crippen molar-refractivity contribution in [3.05, 3.63) is 58.5 Å². The first-order chi connectivity index (χ1) is 9.29. The fourth-order valence-corrected chi connectivity index (χ4v) is 2.81. The number of carbonyl (C=O) groups excluding carboxylic acids is 1. The van der Waals surface area contributed by atoms with Gasteiger partial charge in [-0.1, -0.05) is 18.2 Å². The van der Waals surface area contributed by atoms with E-state index in [1.165, 1.54) is 11.3 Å². The lowest BCUT2D eigenvalue weighted by atomic mass is 10.0. The van der Waals surface area contributed by atoms with Gasteiger partial charge in [-0.05, 0) is 11.5 Å². The predicted molar refractivity (Wildman–Crippen MR) is 76.0 cm³/mol. The fraction of sp³-hybridized carbons (Fsp3) is 0.0667. The van der Waals surface area contributed by atoms with Gasteiger partial charge in [0, 0.05) is 34.8 Å². The molecule has 3 nitrogen and oxygen atoms in total. The van der Waals surface area contributed by atoms with E-state index in [1.807, 2.05) is 29.6 Å². The van der Waals surface area contributed by atoms with Gasteiger partial charge in [0.05, 0.1) is 12.0 Å². The van der Waals surface area contributed by atoms with E-state index in [-0.39, 0.29) is 5.78 Å². The zero-order chi connectivity index (χ0) is 13.2. The van der Waals surface area contributed by atoms with Crippen LogP contribution in [-0.4, -0.2) is 17.9 Å². The van der Waals surface area contributed by atoms with E-state index >= 15 is 0 Å². The van der Waals surface area contributed by atoms with E-state index in [0.29, 0.717) is 10.4 Å². The molecule has 94 valence electrons. The van der Waals surface area contributed by atoms with E-state index < -0.39 is 0 Å². The Hall–Kier alpha value is -2.20. The lowest BCUT2D eigenvalue weighted by Crippen LogP contribution is -1.99. The number of aromatic nitrogens is 1. The van der Waals surface area contributed by atoms with E-state index in [1.54, 1.807) is 25.6 Å². The Morgan fingerprint density at radius 2 is 2.21 bits per heavy atom. The van der Waals surface area contributed by atoms with Crippen LogP contribution >= 0.6 is 11.3 Å². The molecule has 0 fully saturated rings. The van der Waals surface area contributed by atoms with Gasteiger partial charge in [0.15, 0.2) is 0 Å². The summed E-state index contributed by atoms with van der Waals surface area (Å²) in [5, 5.41) is 3.73. The number of nitrogens with zero attached hydrogens (tertiary/aromatic N) is 1. The van der Waals surface area contributed by atoms with Crippen LogP contribution in [0.1, 0.15) is 15.2 Å². The number of fused-ring (bicyclic) bond motifs is 1. The molecule has 19 heavy (non-hydrogen) atoms. The first-order valence-electron chi connectivity index (χ1n) is 5.79. The maximum Gasteiger partial charge on any atom is 0.203 e. The summed E-state index contributed by atoms with van der Waals surface area (Å²) in [6.45, 7) is 0. The minimum atomic E-state index is 0.0186. The Balaban J connectivity index is 2.11. The highest BCUT2D eigenvalue weighted by molar-refractivity contribution is 7.12. The highest BCUT2D eigenvalue weighted by Gasteiger charge is 2.14. The number of rotatable bonds is 3. The standard InChI is InChI=1S/C15H11NO2S/c1-18-11-7-14(19-9-11)15(17)13-4-2-3-10-8-16-6-5-12(10)13/h2-9H,1H3. The molecule has 2 heterocycles. The van der Waals surface area contributed by atoms with Crippen LogP contribution in [0.4, 0.5) is 0 Å². The van der Waals surface area contributed by atoms with Crippen LogP contribution in [0.5, 0.6) is 5.75 Å². The molecule has 0 saturated heterocycles. The number of methoxy groups -OCH3 is 1. The van der Waals surface area contributed by atoms with Crippen molar-refractivity contribution < 1.29 is 9.53 Å². The zero-order valence-electron chi connectivity index (χ0n) is 10.3. The number of hydrogen-bond acceptors (Lipinski definition) is 4. The molecule has 0 aliphatic rings. The molecule has 3 aromatic rings. The third-order valence-corrected chi connectivity index (χ3v) is 3.87. The second-order valence-electron chi connectivity index (χ2n) is 4.08. The summed E-state index contributed by atoms with van der Waals surface area (Å²) in [6, 6.07) is 9.31. The van der Waals surface area contributed by atoms with Gasteiger partial charge in [-0.25, -0.2) is 0 Å². The molecular formula is C15H11NO2S. The van der Waals surface area contributed by atoms with Crippen molar-refractivity contribution in [1.82, 2.24) is 4.98 Å². The largest absolute Gasteiger partial charge is 0.496 e. The van der Waals surface area contributed by atoms with Crippen molar-refractivity contribution >= 4 is 27.9 Å². The number of ketones is 1. The van der Waals surface area contributed by atoms with Crippen molar-refractivity contribution in [3.63, 3.8) is 0 Å². The second-order valence-corrected chi connectivity index (χ2v) is 4.99. The Kier molecular flexibility index (Phi) is 3.01. The number of ether oxygens (including phenoxy) is 1. The van der Waals surface area contributed by atoms with Gasteiger partial charge >= 0.3 is 0 Å². The monoisotopic (exact) mass is 269 g/mol. The van der Waals surface area contributed by atoms with Crippen molar-refractivity contribution in [2.75, 3.05) is 7.11 Å². The van der Waals surface area contributed by atoms with E-state index in [2.05, 4.69) is 4.98 Å². The van der Waals surface area contributed by atoms with Gasteiger partial charge in [0.25, 0.3) is 0 Å². The summed E-state index contributed by atoms with van der Waals surface area (Å²) < 4.78 is 5.12. The smallest absolute Gasteiger partial charge is 0.203 e. The van der Waals surface area contributed by atoms with Gasteiger partial charge in [-0.2, -0.15) is 0 Å². The number of thiophene rings is 1. The molecule has 0 radical (unpaired) electrons. The summed E-state index contributed by atoms with van der Waals surface area (Å²) in [7, 11) is 1.60. The molecule has 0 atom stereocenters. The number of pyridine rings is 1. The Bertz CT molecular complexity index is 743. The SMILES string of the molecule is COc1csc(C(=O)c2cccc3cnccc23)c1. The summed E-state index contributed by atoms with van der Waals surface area (Å²) in [5.74, 6) is 0.736. The quantitative estimate of drug-likeness (QED) is 0.683. The number of carbonyl (C=O) groups is 1. The van der Waals surface area contributed by atoms with Crippen molar-refractivity contribution in [3.8, 4) is 5.75 Å². The van der Waals surface area contributed by atoms with Crippen LogP contribution in [0.15, 0.2) is 48.1 Å². The topological polar surface area (TPSA) is 39.2 Å². The third-order valence-electron chi connectivity index (χ3n) is 2.96. The lowest BCUT2D eigenvalue weighted by molar-refractivity contribution is 0.104. The molecule has 0 amide bonds. The molecule has 0 spiro atoms. The number of hydrogen-bond donors (Lipinski definition) is 0. The van der Waals surface area contributed by atoms with Crippen LogP contribution < -0.4 is 4.74 Å². The summed E-state index contributed by atoms with van der Waals surface area (Å²) >= 11 is 1.40. The second kappa shape index (κ2) is 4.82. The van der Waals surface area contributed by atoms with E-state index in [9.17, 15) is 4.79 Å². The lowest BCUT2D eigenvalue weighted by Gasteiger charge is -2.03. The minimum absolute atomic E-state index is 0.0186. The first-order valence-corrected chi connectivity index (χ1v) is 6.67. The molecule has 1 aromatic carbocycles. The van der Waals surface area contributed by atoms with E-state index in [4.69, 9.17) is 4.74 Å². The van der Waals surface area contributed by atoms with Gasteiger partial charge < -0.3 is 4.74 Å². The number of benzene rings is 1. The van der Waals surface area contributed by atoms with Gasteiger partial charge in [0.1, 0.15) is 5.75 Å². The van der Waals surface area contributed by atoms with Gasteiger partial charge in [-0.3, -0.25) is 9.78 Å². The average Bonchev–Trinajstić information content (AvgIpc) is 2.95. The van der Waals surface area contributed by atoms with Crippen LogP contribution in [0, 0.1) is 0 Å². The molecule has 4 heteroatoms. The predicted octanol–water partition coefficient (Wildman–Crippen LogP) is 3.54. The van der Waals surface area contributed by atoms with Crippen molar-refractivity contribution in [2.24, 2.45) is 0 Å². The Morgan fingerprint density at radius 1 is 1.32 bits per heavy atom. The normalized spacial score (nSPS) is 10.6. The maximum atomic E-state index is 12.5. The Morgan fingerprint density at radius 3 is 3.00 bits per heavy atom. The molecule has 3 rings (SSSR count). The summed E-state index contributed by atoms with van der Waals surface area (Å²) in [5.41, 5.74) is 0.699. The molecule has 0 bridgehead atoms. The maximum absolute atomic E-state index is 12.5. The van der Waals surface area contributed by atoms with Crippen LogP contribution in [0.3, 0.4) is 0 Å². The highest BCUT2D eigenvalue weighted by Crippen LogP contribution is 2.26. The van der Waals surface area contributed by atoms with Crippen molar-refractivity contribution in [2.45, 2.75) is 0 Å². The molecular weight excluding hydrogens is 258 g/mol. The molecule has 0 N–H and O–H groups in total. The van der Waals surface area contributed by atoms with Crippen LogP contribution in [-0.2, 0) is 0 Å². The van der Waals surface area contributed by atoms with Crippen LogP contribution in [0.25, 0.3) is 10.8 Å². The summed E-state index contributed by atoms with van der Waals surface area (Å²) in [6.07, 6.45) is 3.47. The van der Waals surface area contributed by atoms with E-state index in [0.717, 1.165) is 16.5 Å². The fourth-order valence-electron chi connectivity index (χ4n) is 2.00. The minimum Gasteiger partial charge on any atom is -0.496 e. The molecule has 0 unspecified atom stereocenters. The average molecular weight is 269 g/mol. The molecule has 0 aliphatic carbocycles. The molecule has 2 aromatic heterocycles. The highest BCUT2D eigenvalue weighted by atomic mass is 32.1. The Labute approximate surface area is 114 Å². The third kappa shape index (κ3) is 2.11. The van der Waals surface area contributed by atoms with Crippen LogP contribution in [0.2, 0.25) is 0 Å². The molecule has 0 aliphatic heterocycles. The van der Waals surface area contributed by atoms with Crippen molar-refractivity contribution in [1.29, 1.82) is 0 Å². The zero-order valence-corrected chi connectivity index (χ0v) is 11.1. The van der Waals surface area contributed by atoms with Gasteiger partial charge in [0.2, 0.25) is 5.78 Å². The first kappa shape index (κ1) is 11.9. The molecule has 0 saturated carbocycles. The van der Waals surface area contributed by atoms with Gasteiger partial charge in [-0.15, -0.1) is 11.3 Å². The summed E-state index contributed by atoms with van der Waals surface area (Å²) in [4.78, 5) is 17.3.